The lowest BCUT2D eigenvalue weighted by atomic mass is 10.2. The van der Waals surface area contributed by atoms with Crippen molar-refractivity contribution in [3.05, 3.63) is 0 Å². The van der Waals surface area contributed by atoms with Crippen molar-refractivity contribution < 1.29 is 9.84 Å². The molecule has 2 rings (SSSR count). The first kappa shape index (κ1) is 6.58. The Bertz CT molecular complexity index is 115. The summed E-state index contributed by atoms with van der Waals surface area (Å²) >= 11 is 0. The molecule has 0 aromatic carbocycles. The van der Waals surface area contributed by atoms with Crippen molar-refractivity contribution >= 4 is 0 Å². The summed E-state index contributed by atoms with van der Waals surface area (Å²) in [7, 11) is 0. The molecule has 1 saturated carbocycles. The predicted octanol–water partition coefficient (Wildman–Crippen LogP) is -0.502. The van der Waals surface area contributed by atoms with Crippen LogP contribution < -0.4 is 5.32 Å². The van der Waals surface area contributed by atoms with Crippen LogP contribution in [0.25, 0.3) is 0 Å². The van der Waals surface area contributed by atoms with Gasteiger partial charge in [0.05, 0.1) is 18.8 Å². The number of hydrogen-bond acceptors (Lipinski definition) is 3. The van der Waals surface area contributed by atoms with Crippen LogP contribution >= 0.6 is 0 Å². The molecule has 3 atom stereocenters. The molecule has 1 heterocycles. The summed E-state index contributed by atoms with van der Waals surface area (Å²) in [5.74, 6) is 0. The standard InChI is InChI=1S/C7H13NO2/c9-5-3-6-7(4-5)10-2-1-8-6/h5-9H,1-4H2/t5-,6+,7-/m0/s1. The normalized spacial score (nSPS) is 47.1. The number of ether oxygens (including phenoxy) is 1. The average molecular weight is 143 g/mol. The SMILES string of the molecule is O[C@@H]1C[C@@H]2OCCN[C@@H]2C1. The number of fused-ring (bicyclic) bond motifs is 1. The number of rotatable bonds is 0. The second kappa shape index (κ2) is 2.49. The molecule has 2 fully saturated rings. The van der Waals surface area contributed by atoms with E-state index in [1.54, 1.807) is 0 Å². The van der Waals surface area contributed by atoms with Gasteiger partial charge in [-0.1, -0.05) is 0 Å². The van der Waals surface area contributed by atoms with Crippen LogP contribution in [-0.4, -0.2) is 36.5 Å². The number of nitrogens with one attached hydrogen (secondary N) is 1. The molecular formula is C7H13NO2. The average Bonchev–Trinajstić information content (AvgIpc) is 2.27. The lowest BCUT2D eigenvalue weighted by Gasteiger charge is -2.26. The van der Waals surface area contributed by atoms with E-state index in [0.29, 0.717) is 6.04 Å². The van der Waals surface area contributed by atoms with Crippen LogP contribution in [0.4, 0.5) is 0 Å². The minimum absolute atomic E-state index is 0.138. The third-order valence-corrected chi connectivity index (χ3v) is 2.32. The van der Waals surface area contributed by atoms with E-state index in [9.17, 15) is 5.11 Å². The number of hydrogen-bond donors (Lipinski definition) is 2. The Morgan fingerprint density at radius 2 is 2.30 bits per heavy atom. The molecule has 1 aliphatic carbocycles. The van der Waals surface area contributed by atoms with Crippen molar-refractivity contribution in [3.63, 3.8) is 0 Å². The molecule has 0 bridgehead atoms. The number of aliphatic hydroxyl groups is 1. The van der Waals surface area contributed by atoms with E-state index in [4.69, 9.17) is 4.74 Å². The van der Waals surface area contributed by atoms with Gasteiger partial charge in [-0.25, -0.2) is 0 Å². The van der Waals surface area contributed by atoms with Gasteiger partial charge in [0.2, 0.25) is 0 Å². The Kier molecular flexibility index (Phi) is 1.64. The van der Waals surface area contributed by atoms with E-state index in [2.05, 4.69) is 5.32 Å². The quantitative estimate of drug-likeness (QED) is 0.480. The van der Waals surface area contributed by atoms with Gasteiger partial charge in [0, 0.05) is 19.0 Å². The molecule has 0 spiro atoms. The Balaban J connectivity index is 1.97. The van der Waals surface area contributed by atoms with Crippen LogP contribution in [0.15, 0.2) is 0 Å². The zero-order valence-corrected chi connectivity index (χ0v) is 5.92. The molecular weight excluding hydrogens is 130 g/mol. The highest BCUT2D eigenvalue weighted by Gasteiger charge is 2.35. The third kappa shape index (κ3) is 1.05. The highest BCUT2D eigenvalue weighted by molar-refractivity contribution is 4.91. The van der Waals surface area contributed by atoms with Gasteiger partial charge in [0.1, 0.15) is 0 Å². The zero-order chi connectivity index (χ0) is 6.97. The van der Waals surface area contributed by atoms with Crippen LogP contribution in [-0.2, 0) is 4.74 Å². The fourth-order valence-corrected chi connectivity index (χ4v) is 1.83. The first-order chi connectivity index (χ1) is 4.86. The highest BCUT2D eigenvalue weighted by Crippen LogP contribution is 2.24. The van der Waals surface area contributed by atoms with E-state index >= 15 is 0 Å². The zero-order valence-electron chi connectivity index (χ0n) is 5.92. The fraction of sp³-hybridized carbons (Fsp3) is 1.00. The molecule has 3 heteroatoms. The molecule has 2 aliphatic rings. The molecule has 0 amide bonds. The Morgan fingerprint density at radius 3 is 3.10 bits per heavy atom. The molecule has 0 unspecified atom stereocenters. The topological polar surface area (TPSA) is 41.5 Å². The Labute approximate surface area is 60.4 Å². The van der Waals surface area contributed by atoms with E-state index in [1.807, 2.05) is 0 Å². The molecule has 0 radical (unpaired) electrons. The first-order valence-electron chi connectivity index (χ1n) is 3.89. The molecule has 1 saturated heterocycles. The van der Waals surface area contributed by atoms with Crippen molar-refractivity contribution in [2.75, 3.05) is 13.2 Å². The first-order valence-corrected chi connectivity index (χ1v) is 3.89. The molecule has 58 valence electrons. The van der Waals surface area contributed by atoms with Crippen molar-refractivity contribution in [2.24, 2.45) is 0 Å². The van der Waals surface area contributed by atoms with Gasteiger partial charge in [0.25, 0.3) is 0 Å². The van der Waals surface area contributed by atoms with Gasteiger partial charge in [-0.2, -0.15) is 0 Å². The largest absolute Gasteiger partial charge is 0.393 e. The molecule has 3 nitrogen and oxygen atoms in total. The van der Waals surface area contributed by atoms with E-state index in [1.165, 1.54) is 0 Å². The summed E-state index contributed by atoms with van der Waals surface area (Å²) in [6.45, 7) is 1.74. The third-order valence-electron chi connectivity index (χ3n) is 2.32. The van der Waals surface area contributed by atoms with E-state index < -0.39 is 0 Å². The van der Waals surface area contributed by atoms with Crippen LogP contribution in [0, 0.1) is 0 Å². The monoisotopic (exact) mass is 143 g/mol. The van der Waals surface area contributed by atoms with E-state index in [-0.39, 0.29) is 12.2 Å². The maximum absolute atomic E-state index is 9.24. The fourth-order valence-electron chi connectivity index (χ4n) is 1.83. The summed E-state index contributed by atoms with van der Waals surface area (Å²) in [6.07, 6.45) is 1.83. The highest BCUT2D eigenvalue weighted by atomic mass is 16.5. The summed E-state index contributed by atoms with van der Waals surface area (Å²) in [5, 5.41) is 12.6. The summed E-state index contributed by atoms with van der Waals surface area (Å²) in [6, 6.07) is 0.420. The maximum Gasteiger partial charge on any atom is 0.0754 e. The van der Waals surface area contributed by atoms with E-state index in [0.717, 1.165) is 26.0 Å². The summed E-state index contributed by atoms with van der Waals surface area (Å²) in [4.78, 5) is 0. The van der Waals surface area contributed by atoms with Gasteiger partial charge in [0.15, 0.2) is 0 Å². The Hall–Kier alpha value is -0.120. The number of morpholine rings is 1. The van der Waals surface area contributed by atoms with Crippen molar-refractivity contribution in [2.45, 2.75) is 31.1 Å². The second-order valence-corrected chi connectivity index (χ2v) is 3.10. The van der Waals surface area contributed by atoms with Crippen LogP contribution in [0.5, 0.6) is 0 Å². The summed E-state index contributed by atoms with van der Waals surface area (Å²) in [5.41, 5.74) is 0. The molecule has 10 heavy (non-hydrogen) atoms. The predicted molar refractivity (Wildman–Crippen MR) is 36.8 cm³/mol. The van der Waals surface area contributed by atoms with Gasteiger partial charge < -0.3 is 15.2 Å². The van der Waals surface area contributed by atoms with Crippen LogP contribution in [0.1, 0.15) is 12.8 Å². The summed E-state index contributed by atoms with van der Waals surface area (Å²) < 4.78 is 5.45. The maximum atomic E-state index is 9.24. The Morgan fingerprint density at radius 1 is 1.40 bits per heavy atom. The lowest BCUT2D eigenvalue weighted by molar-refractivity contribution is 0.00774. The molecule has 2 N–H and O–H groups in total. The van der Waals surface area contributed by atoms with Gasteiger partial charge in [-0.05, 0) is 6.42 Å². The smallest absolute Gasteiger partial charge is 0.0754 e. The van der Waals surface area contributed by atoms with Gasteiger partial charge in [-0.3, -0.25) is 0 Å². The van der Waals surface area contributed by atoms with Crippen molar-refractivity contribution in [1.82, 2.24) is 5.32 Å². The van der Waals surface area contributed by atoms with Gasteiger partial charge in [-0.15, -0.1) is 0 Å². The molecule has 0 aromatic heterocycles. The molecule has 1 aliphatic heterocycles. The van der Waals surface area contributed by atoms with Crippen molar-refractivity contribution in [1.29, 1.82) is 0 Å². The lowest BCUT2D eigenvalue weighted by Crippen LogP contribution is -2.44. The van der Waals surface area contributed by atoms with Gasteiger partial charge >= 0.3 is 0 Å². The minimum atomic E-state index is -0.138. The number of aliphatic hydroxyl groups excluding tert-OH is 1. The van der Waals surface area contributed by atoms with Crippen LogP contribution in [0.3, 0.4) is 0 Å². The van der Waals surface area contributed by atoms with Crippen molar-refractivity contribution in [3.8, 4) is 0 Å². The minimum Gasteiger partial charge on any atom is -0.393 e. The molecule has 0 aromatic rings. The van der Waals surface area contributed by atoms with Crippen LogP contribution in [0.2, 0.25) is 0 Å². The second-order valence-electron chi connectivity index (χ2n) is 3.10.